The lowest BCUT2D eigenvalue weighted by atomic mass is 10.1. The molecule has 0 saturated carbocycles. The van der Waals surface area contributed by atoms with Gasteiger partial charge >= 0.3 is 11.9 Å². The van der Waals surface area contributed by atoms with Crippen molar-refractivity contribution >= 4 is 29.1 Å². The summed E-state index contributed by atoms with van der Waals surface area (Å²) in [6.07, 6.45) is 1.44. The minimum atomic E-state index is -1.01. The SMILES string of the molecule is COc1cccc(/C=N/NC(=O)c2cc3ccccc3o2)c1OCc1cccc(C(=O)O)c1. The largest absolute Gasteiger partial charge is 0.493 e. The van der Waals surface area contributed by atoms with Crippen LogP contribution in [0.5, 0.6) is 11.5 Å². The fourth-order valence-corrected chi connectivity index (χ4v) is 3.21. The number of carboxylic acid groups (broad SMARTS) is 1. The normalized spacial score (nSPS) is 10.9. The zero-order chi connectivity index (χ0) is 23.2. The number of nitrogens with one attached hydrogen (secondary N) is 1. The number of methoxy groups -OCH3 is 1. The van der Waals surface area contributed by atoms with Gasteiger partial charge in [-0.25, -0.2) is 10.2 Å². The van der Waals surface area contributed by atoms with E-state index in [2.05, 4.69) is 10.5 Å². The van der Waals surface area contributed by atoms with Crippen LogP contribution in [0.2, 0.25) is 0 Å². The van der Waals surface area contributed by atoms with Crippen molar-refractivity contribution in [1.82, 2.24) is 5.43 Å². The highest BCUT2D eigenvalue weighted by atomic mass is 16.5. The van der Waals surface area contributed by atoms with E-state index >= 15 is 0 Å². The summed E-state index contributed by atoms with van der Waals surface area (Å²) in [5.41, 5.74) is 4.47. The zero-order valence-corrected chi connectivity index (χ0v) is 17.6. The molecule has 1 amide bonds. The third-order valence-electron chi connectivity index (χ3n) is 4.81. The number of para-hydroxylation sites is 2. The Hall–Kier alpha value is -4.59. The van der Waals surface area contributed by atoms with Gasteiger partial charge in [-0.1, -0.05) is 36.4 Å². The monoisotopic (exact) mass is 444 g/mol. The van der Waals surface area contributed by atoms with Crippen LogP contribution < -0.4 is 14.9 Å². The fraction of sp³-hybridized carbons (Fsp3) is 0.0800. The van der Waals surface area contributed by atoms with E-state index in [0.29, 0.717) is 28.2 Å². The first-order chi connectivity index (χ1) is 16.0. The molecule has 3 aromatic carbocycles. The summed E-state index contributed by atoms with van der Waals surface area (Å²) in [5, 5.41) is 14.0. The minimum Gasteiger partial charge on any atom is -0.493 e. The van der Waals surface area contributed by atoms with E-state index in [1.54, 1.807) is 48.5 Å². The third-order valence-corrected chi connectivity index (χ3v) is 4.81. The van der Waals surface area contributed by atoms with Crippen molar-refractivity contribution in [2.45, 2.75) is 6.61 Å². The number of rotatable bonds is 8. The molecule has 4 aromatic rings. The molecule has 8 heteroatoms. The molecule has 1 aromatic heterocycles. The quantitative estimate of drug-likeness (QED) is 0.306. The predicted molar refractivity (Wildman–Crippen MR) is 122 cm³/mol. The van der Waals surface area contributed by atoms with Gasteiger partial charge in [0.1, 0.15) is 12.2 Å². The lowest BCUT2D eigenvalue weighted by Gasteiger charge is -2.13. The van der Waals surface area contributed by atoms with Crippen molar-refractivity contribution in [2.24, 2.45) is 5.10 Å². The van der Waals surface area contributed by atoms with Gasteiger partial charge in [0, 0.05) is 10.9 Å². The van der Waals surface area contributed by atoms with Crippen LogP contribution in [0.25, 0.3) is 11.0 Å². The molecule has 0 radical (unpaired) electrons. The highest BCUT2D eigenvalue weighted by Gasteiger charge is 2.13. The summed E-state index contributed by atoms with van der Waals surface area (Å²) in [7, 11) is 1.51. The van der Waals surface area contributed by atoms with Crippen LogP contribution in [0.4, 0.5) is 0 Å². The summed E-state index contributed by atoms with van der Waals surface area (Å²) in [6.45, 7) is 0.119. The van der Waals surface area contributed by atoms with Gasteiger partial charge in [-0.3, -0.25) is 4.79 Å². The first-order valence-electron chi connectivity index (χ1n) is 9.99. The molecule has 0 aliphatic heterocycles. The number of hydrazone groups is 1. The number of aromatic carboxylic acids is 1. The van der Waals surface area contributed by atoms with Crippen molar-refractivity contribution in [1.29, 1.82) is 0 Å². The number of carboxylic acids is 1. The maximum absolute atomic E-state index is 12.4. The Morgan fingerprint density at radius 3 is 2.67 bits per heavy atom. The van der Waals surface area contributed by atoms with Crippen LogP contribution >= 0.6 is 0 Å². The lowest BCUT2D eigenvalue weighted by molar-refractivity contribution is 0.0696. The number of amides is 1. The minimum absolute atomic E-state index is 0.119. The van der Waals surface area contributed by atoms with Crippen LogP contribution in [0.1, 0.15) is 32.0 Å². The van der Waals surface area contributed by atoms with Gasteiger partial charge < -0.3 is 19.0 Å². The van der Waals surface area contributed by atoms with E-state index in [1.165, 1.54) is 19.4 Å². The fourth-order valence-electron chi connectivity index (χ4n) is 3.21. The molecule has 0 aliphatic rings. The summed E-state index contributed by atoms with van der Waals surface area (Å²) in [4.78, 5) is 23.6. The average Bonchev–Trinajstić information content (AvgIpc) is 3.27. The molecule has 0 spiro atoms. The van der Waals surface area contributed by atoms with Gasteiger partial charge in [0.2, 0.25) is 0 Å². The molecular formula is C25H20N2O6. The van der Waals surface area contributed by atoms with E-state index in [-0.39, 0.29) is 17.9 Å². The van der Waals surface area contributed by atoms with Crippen LogP contribution in [0.15, 0.2) is 82.3 Å². The highest BCUT2D eigenvalue weighted by Crippen LogP contribution is 2.31. The molecule has 0 bridgehead atoms. The van der Waals surface area contributed by atoms with Gasteiger partial charge in [-0.15, -0.1) is 0 Å². The highest BCUT2D eigenvalue weighted by molar-refractivity contribution is 5.96. The summed E-state index contributed by atoms with van der Waals surface area (Å²) in [6, 6.07) is 20.7. The van der Waals surface area contributed by atoms with Crippen molar-refractivity contribution in [3.05, 3.63) is 95.2 Å². The molecule has 1 heterocycles. The van der Waals surface area contributed by atoms with Gasteiger partial charge in [0.25, 0.3) is 0 Å². The number of carbonyl (C=O) groups excluding carboxylic acids is 1. The number of carbonyl (C=O) groups is 2. The summed E-state index contributed by atoms with van der Waals surface area (Å²) < 4.78 is 16.8. The van der Waals surface area contributed by atoms with Crippen molar-refractivity contribution in [2.75, 3.05) is 7.11 Å². The second kappa shape index (κ2) is 9.69. The average molecular weight is 444 g/mol. The second-order valence-corrected chi connectivity index (χ2v) is 7.02. The molecule has 4 rings (SSSR count). The van der Waals surface area contributed by atoms with Crippen LogP contribution in [0, 0.1) is 0 Å². The Balaban J connectivity index is 1.49. The van der Waals surface area contributed by atoms with Crippen molar-refractivity contribution < 1.29 is 28.6 Å². The molecule has 0 atom stereocenters. The van der Waals surface area contributed by atoms with Crippen molar-refractivity contribution in [3.63, 3.8) is 0 Å². The maximum Gasteiger partial charge on any atom is 0.335 e. The van der Waals surface area contributed by atoms with E-state index < -0.39 is 11.9 Å². The maximum atomic E-state index is 12.4. The molecule has 0 fully saturated rings. The summed E-state index contributed by atoms with van der Waals surface area (Å²) >= 11 is 0. The Morgan fingerprint density at radius 2 is 1.88 bits per heavy atom. The number of fused-ring (bicyclic) bond motifs is 1. The molecule has 166 valence electrons. The Bertz CT molecular complexity index is 1310. The van der Waals surface area contributed by atoms with E-state index in [4.69, 9.17) is 19.0 Å². The number of nitrogens with zero attached hydrogens (tertiary/aromatic N) is 1. The molecule has 0 aliphatic carbocycles. The van der Waals surface area contributed by atoms with E-state index in [1.807, 2.05) is 18.2 Å². The third kappa shape index (κ3) is 5.01. The molecule has 33 heavy (non-hydrogen) atoms. The zero-order valence-electron chi connectivity index (χ0n) is 17.6. The number of ether oxygens (including phenoxy) is 2. The molecule has 8 nitrogen and oxygen atoms in total. The smallest absolute Gasteiger partial charge is 0.335 e. The standard InChI is InChI=1S/C25H20N2O6/c1-31-21-11-5-9-19(23(21)32-15-16-6-4-8-18(12-16)25(29)30)14-26-27-24(28)22-13-17-7-2-3-10-20(17)33-22/h2-14H,15H2,1H3,(H,27,28)(H,29,30)/b26-14+. The Morgan fingerprint density at radius 1 is 1.06 bits per heavy atom. The molecule has 0 saturated heterocycles. The van der Waals surface area contributed by atoms with Crippen LogP contribution in [0.3, 0.4) is 0 Å². The number of benzene rings is 3. The van der Waals surface area contributed by atoms with Crippen LogP contribution in [-0.2, 0) is 6.61 Å². The number of hydrogen-bond donors (Lipinski definition) is 2. The van der Waals surface area contributed by atoms with Gasteiger partial charge in [0.05, 0.1) is 18.9 Å². The molecular weight excluding hydrogens is 424 g/mol. The lowest BCUT2D eigenvalue weighted by Crippen LogP contribution is -2.16. The Labute approximate surface area is 189 Å². The van der Waals surface area contributed by atoms with Gasteiger partial charge in [0.15, 0.2) is 17.3 Å². The molecule has 0 unspecified atom stereocenters. The van der Waals surface area contributed by atoms with Gasteiger partial charge in [-0.2, -0.15) is 5.10 Å². The molecule has 2 N–H and O–H groups in total. The van der Waals surface area contributed by atoms with Crippen molar-refractivity contribution in [3.8, 4) is 11.5 Å². The Kier molecular flexibility index (Phi) is 6.36. The van der Waals surface area contributed by atoms with E-state index in [0.717, 1.165) is 5.39 Å². The predicted octanol–water partition coefficient (Wildman–Crippen LogP) is 4.48. The second-order valence-electron chi connectivity index (χ2n) is 7.02. The van der Waals surface area contributed by atoms with E-state index in [9.17, 15) is 9.59 Å². The number of hydrogen-bond acceptors (Lipinski definition) is 6. The first kappa shape index (κ1) is 21.6. The summed E-state index contributed by atoms with van der Waals surface area (Å²) in [5.74, 6) is -0.478. The topological polar surface area (TPSA) is 110 Å². The van der Waals surface area contributed by atoms with Gasteiger partial charge in [-0.05, 0) is 42.0 Å². The first-order valence-corrected chi connectivity index (χ1v) is 9.99. The number of furan rings is 1. The van der Waals surface area contributed by atoms with Crippen LogP contribution in [-0.4, -0.2) is 30.3 Å².